The van der Waals surface area contributed by atoms with Crippen molar-refractivity contribution in [1.82, 2.24) is 34.0 Å². The third-order valence-corrected chi connectivity index (χ3v) is 25.9. The summed E-state index contributed by atoms with van der Waals surface area (Å²) in [6.07, 6.45) is 7.26. The molecule has 7 heterocycles. The van der Waals surface area contributed by atoms with E-state index in [1.807, 2.05) is 86.0 Å². The van der Waals surface area contributed by atoms with Crippen LogP contribution in [0.25, 0.3) is 10.9 Å². The number of aliphatic imine (C=N–C) groups is 1. The molecule has 3 amide bonds. The van der Waals surface area contributed by atoms with Gasteiger partial charge >= 0.3 is 0 Å². The van der Waals surface area contributed by atoms with Crippen molar-refractivity contribution in [3.05, 3.63) is 212 Å². The Bertz CT molecular complexity index is 5220. The van der Waals surface area contributed by atoms with Gasteiger partial charge in [0.25, 0.3) is 36.0 Å². The molecule has 0 aliphatic carbocycles. The number of likely N-dealkylation sites (tertiary alicyclic amines) is 1. The fraction of sp³-hybridized carbons (Fsp3) is 0.307. The van der Waals surface area contributed by atoms with Gasteiger partial charge in [-0.3, -0.25) is 34.0 Å². The standard InChI is InChI=1S/C26H28ClN5O3S2.C25H25FN4O4S2.C24H29ClN6O3S2.4H2/c1-17-14-20-4-5-21(27)15-24(20)32(17)19(3)25(33)31-12-11-30(16-18(31)2)22-6-8-23(9-7-22)37(34,35)29-26-28-10-13-36-26;1-16(31)22(23(27)19-2-6-20(26)7-3-19)24(32)30-13-10-18(11-14-30)17-4-8-21(9-5-17)36(33,34)29-25-28-12-15-35-25;1-17(31-10-2-3-18-15-19(25)4-9-22(18)31)23(32)30-13-11-29(12-14-30)20-5-7-21(8-6-20)36(33,34)28-24(35)27-16-26;;;;/h4-10,13-15,18-19H,11-12,16H2,1-3H3,(H,28,29);2-9,12,15,18,27,31H,10-11,13-14H2,1H3,(H,28,29);4-9,15-17H,2-3,10-14H2,1H3,(H3,26,27,28,35);4*1H/b;22-16+,27-23?;;;;;/t18?,19-;;17-;;;;/m1.1..../s1. The molecular formula is C75H90Cl2FN15O10S6. The van der Waals surface area contributed by atoms with Crippen LogP contribution in [0.5, 0.6) is 0 Å². The number of aryl methyl sites for hydroxylation is 2. The highest BCUT2D eigenvalue weighted by Crippen LogP contribution is 2.35. The fourth-order valence-electron chi connectivity index (χ4n) is 13.8. The highest BCUT2D eigenvalue weighted by molar-refractivity contribution is 7.93. The van der Waals surface area contributed by atoms with Crippen LogP contribution in [0.1, 0.15) is 87.0 Å². The number of aliphatic hydroxyl groups is 1. The largest absolute Gasteiger partial charge is 0.512 e. The highest BCUT2D eigenvalue weighted by Gasteiger charge is 2.35. The Hall–Kier alpha value is -9.54. The zero-order chi connectivity index (χ0) is 78.1. The second-order valence-electron chi connectivity index (χ2n) is 26.5. The van der Waals surface area contributed by atoms with Crippen molar-refractivity contribution in [3.8, 4) is 0 Å². The minimum absolute atomic E-state index is 0. The number of carbonyl (C=O) groups excluding carboxylic acids is 3. The molecule has 582 valence electrons. The summed E-state index contributed by atoms with van der Waals surface area (Å²) in [5.41, 5.74) is 12.2. The van der Waals surface area contributed by atoms with E-state index in [9.17, 15) is 49.1 Å². The molecule has 109 heavy (non-hydrogen) atoms. The molecule has 0 spiro atoms. The number of allylic oxidation sites excluding steroid dienone is 1. The maximum Gasteiger partial charge on any atom is 0.263 e. The summed E-state index contributed by atoms with van der Waals surface area (Å²) in [6, 6.07) is 38.3. The Morgan fingerprint density at radius 2 is 1.25 bits per heavy atom. The number of fused-ring (bicyclic) bond motifs is 2. The van der Waals surface area contributed by atoms with Gasteiger partial charge in [0.15, 0.2) is 10.3 Å². The number of anilines is 5. The Kier molecular flexibility index (Phi) is 25.8. The lowest BCUT2D eigenvalue weighted by molar-refractivity contribution is -0.136. The molecule has 4 aliphatic rings. The van der Waals surface area contributed by atoms with Crippen LogP contribution in [0, 0.1) is 18.2 Å². The first-order valence-corrected chi connectivity index (χ1v) is 42.3. The molecule has 34 heteroatoms. The van der Waals surface area contributed by atoms with Gasteiger partial charge in [-0.05, 0) is 216 Å². The summed E-state index contributed by atoms with van der Waals surface area (Å²) >= 11 is 19.7. The average molecular weight is 1640 g/mol. The normalized spacial score (nSPS) is 16.6. The number of nitrogens with one attached hydrogen (secondary N) is 4. The number of sulfonamides is 3. The molecule has 7 N–H and O–H groups in total. The minimum Gasteiger partial charge on any atom is -0.512 e. The van der Waals surface area contributed by atoms with E-state index >= 15 is 0 Å². The van der Waals surface area contributed by atoms with Gasteiger partial charge in [-0.1, -0.05) is 41.4 Å². The van der Waals surface area contributed by atoms with Crippen LogP contribution in [0.2, 0.25) is 10.0 Å². The van der Waals surface area contributed by atoms with Gasteiger partial charge in [0.2, 0.25) is 16.9 Å². The van der Waals surface area contributed by atoms with E-state index in [1.54, 1.807) is 70.4 Å². The lowest BCUT2D eigenvalue weighted by Gasteiger charge is -2.42. The summed E-state index contributed by atoms with van der Waals surface area (Å²) < 4.78 is 97.7. The molecule has 25 nitrogen and oxygen atoms in total. The number of hydrogen-bond donors (Lipinski definition) is 6. The SMILES string of the molecule is C/C(O)=C(/C(=N)c1ccc(F)cc1)C(=O)N1CCC(c2ccc(S(=O)(=O)Nc3nccs3)cc2)CC1.C[C@H](C(=O)N1CCN(c2ccc(S(=O)(=O)NC(=S)N=CN)cc2)CC1)N1CCCc2cc(Cl)ccc21.Cc1cc2ccc(Cl)cc2n1[C@H](C)C(=O)N1CCN(c2ccc(S(=O)(=O)Nc3nccs3)cc2)CC1C.[HH].[HH].[HH].[HH]. The maximum absolute atomic E-state index is 13.6. The van der Waals surface area contributed by atoms with Gasteiger partial charge in [-0.2, -0.15) is 0 Å². The van der Waals surface area contributed by atoms with Crippen LogP contribution in [0.4, 0.5) is 31.7 Å². The summed E-state index contributed by atoms with van der Waals surface area (Å²) in [4.78, 5) is 63.9. The Morgan fingerprint density at radius 1 is 0.697 bits per heavy atom. The molecule has 3 saturated heterocycles. The average Bonchev–Trinajstić information content (AvgIpc) is 1.62. The van der Waals surface area contributed by atoms with E-state index in [1.165, 1.54) is 77.8 Å². The highest BCUT2D eigenvalue weighted by atomic mass is 35.5. The van der Waals surface area contributed by atoms with Gasteiger partial charge in [0.05, 0.1) is 32.3 Å². The van der Waals surface area contributed by atoms with E-state index in [0.29, 0.717) is 92.6 Å². The smallest absolute Gasteiger partial charge is 0.263 e. The number of nitrogens with two attached hydrogens (primary N) is 1. The van der Waals surface area contributed by atoms with Crippen molar-refractivity contribution in [1.29, 1.82) is 5.41 Å². The number of rotatable bonds is 18. The first-order chi connectivity index (χ1) is 52.0. The molecule has 0 saturated carbocycles. The van der Waals surface area contributed by atoms with Crippen molar-refractivity contribution in [2.45, 2.75) is 99.0 Å². The first-order valence-electron chi connectivity index (χ1n) is 34.9. The van der Waals surface area contributed by atoms with Crippen molar-refractivity contribution in [3.63, 3.8) is 0 Å². The van der Waals surface area contributed by atoms with Gasteiger partial charge in [-0.25, -0.2) is 44.6 Å². The molecule has 13 rings (SSSR count). The second kappa shape index (κ2) is 35.0. The molecule has 0 radical (unpaired) electrons. The lowest BCUT2D eigenvalue weighted by atomic mass is 9.89. The number of carbonyl (C=O) groups is 3. The minimum atomic E-state index is -3.84. The number of thiocarbonyl (C=S) groups is 1. The van der Waals surface area contributed by atoms with Crippen molar-refractivity contribution in [2.24, 2.45) is 10.7 Å². The van der Waals surface area contributed by atoms with Crippen LogP contribution in [0.15, 0.2) is 194 Å². The molecule has 3 fully saturated rings. The summed E-state index contributed by atoms with van der Waals surface area (Å²) in [6.45, 7) is 15.4. The number of benzene rings is 6. The number of thiazole rings is 2. The zero-order valence-electron chi connectivity index (χ0n) is 60.1. The maximum atomic E-state index is 13.6. The van der Waals surface area contributed by atoms with Crippen LogP contribution in [-0.4, -0.2) is 172 Å². The van der Waals surface area contributed by atoms with Crippen molar-refractivity contribution >= 4 is 161 Å². The van der Waals surface area contributed by atoms with Gasteiger partial charge < -0.3 is 44.8 Å². The molecule has 0 bridgehead atoms. The Balaban J connectivity index is 0.000000231. The van der Waals surface area contributed by atoms with Gasteiger partial charge in [0, 0.05) is 139 Å². The number of aliphatic hydroxyl groups excluding tert-OH is 1. The van der Waals surface area contributed by atoms with E-state index < -0.39 is 41.8 Å². The molecule has 3 aromatic heterocycles. The van der Waals surface area contributed by atoms with Crippen LogP contribution >= 0.6 is 58.1 Å². The third kappa shape index (κ3) is 19.4. The Morgan fingerprint density at radius 3 is 1.81 bits per heavy atom. The number of halogens is 3. The lowest BCUT2D eigenvalue weighted by Crippen LogP contribution is -2.55. The predicted molar refractivity (Wildman–Crippen MR) is 441 cm³/mol. The van der Waals surface area contributed by atoms with E-state index in [-0.39, 0.29) is 78.4 Å². The number of nitrogens with zero attached hydrogens (tertiary/aromatic N) is 10. The summed E-state index contributed by atoms with van der Waals surface area (Å²) in [5, 5.41) is 24.8. The number of amides is 3. The summed E-state index contributed by atoms with van der Waals surface area (Å²) in [7, 11) is -11.3. The second-order valence-corrected chi connectivity index (χ2v) is 34.6. The van der Waals surface area contributed by atoms with Gasteiger partial charge in [-0.15, -0.1) is 22.7 Å². The van der Waals surface area contributed by atoms with Crippen LogP contribution in [-0.2, 0) is 50.9 Å². The van der Waals surface area contributed by atoms with Crippen molar-refractivity contribution in [2.75, 3.05) is 89.6 Å². The number of aromatic nitrogens is 3. The van der Waals surface area contributed by atoms with E-state index in [0.717, 1.165) is 70.0 Å². The molecule has 4 aliphatic heterocycles. The predicted octanol–water partition coefficient (Wildman–Crippen LogP) is 13.2. The van der Waals surface area contributed by atoms with Crippen LogP contribution < -0.4 is 34.6 Å². The topological polar surface area (TPSA) is 322 Å². The summed E-state index contributed by atoms with van der Waals surface area (Å²) in [5.74, 6) is -0.842. The molecule has 6 aromatic carbocycles. The fourth-order valence-corrected chi connectivity index (χ4v) is 19.1. The quantitative estimate of drug-likeness (QED) is 0.0153. The van der Waals surface area contributed by atoms with Gasteiger partial charge in [0.1, 0.15) is 29.2 Å². The van der Waals surface area contributed by atoms with Crippen molar-refractivity contribution < 1.29 is 54.8 Å². The molecule has 3 atom stereocenters. The molecule has 9 aromatic rings. The zero-order valence-corrected chi connectivity index (χ0v) is 66.5. The number of piperazine rings is 2. The first kappa shape index (κ1) is 80.5. The van der Waals surface area contributed by atoms with E-state index in [2.05, 4.69) is 54.5 Å². The van der Waals surface area contributed by atoms with Crippen LogP contribution in [0.3, 0.4) is 0 Å². The molecular weight excluding hydrogens is 1550 g/mol. The Labute approximate surface area is 662 Å². The number of hydrogen-bond acceptors (Lipinski definition) is 19. The van der Waals surface area contributed by atoms with E-state index in [4.69, 9.17) is 46.6 Å². The monoisotopic (exact) mass is 1640 g/mol. The third-order valence-electron chi connectivity index (χ3n) is 19.4. The number of piperidine rings is 1. The molecule has 1 unspecified atom stereocenters.